The Bertz CT molecular complexity index is 1410. The Morgan fingerprint density at radius 2 is 1.82 bits per heavy atom. The van der Waals surface area contributed by atoms with Crippen LogP contribution >= 0.6 is 0 Å². The van der Waals surface area contributed by atoms with Crippen LogP contribution in [-0.4, -0.2) is 101 Å². The first-order valence-corrected chi connectivity index (χ1v) is 22.6. The molecule has 0 aromatic carbocycles. The van der Waals surface area contributed by atoms with E-state index < -0.39 is 75.6 Å². The van der Waals surface area contributed by atoms with Gasteiger partial charge in [0.1, 0.15) is 0 Å². The zero-order chi connectivity index (χ0) is 37.0. The van der Waals surface area contributed by atoms with Gasteiger partial charge in [-0.25, -0.2) is 8.42 Å². The SMILES string of the molecule is C=CCNC(=O)C(=O)C(NC(=O)[C@@H]1C2C(CN1C(=C)[C@@H](NC(=O)NC1CCCCC1C1COCCS1(=O)=O)C(C)(C)C)C2(C)C)[I-]CCCC. The number of piperidine rings is 1. The third kappa shape index (κ3) is 9.23. The van der Waals surface area contributed by atoms with Crippen LogP contribution in [0.1, 0.15) is 80.1 Å². The van der Waals surface area contributed by atoms with E-state index in [0.717, 1.165) is 30.1 Å². The summed E-state index contributed by atoms with van der Waals surface area (Å²) in [4.78, 5) is 55.9. The van der Waals surface area contributed by atoms with Crippen LogP contribution in [0, 0.1) is 28.6 Å². The van der Waals surface area contributed by atoms with Gasteiger partial charge in [-0.15, -0.1) is 0 Å². The fourth-order valence-corrected chi connectivity index (χ4v) is 12.9. The molecule has 2 saturated heterocycles. The van der Waals surface area contributed by atoms with Gasteiger partial charge < -0.3 is 4.74 Å². The molecule has 2 aliphatic carbocycles. The van der Waals surface area contributed by atoms with Crippen molar-refractivity contribution in [3.05, 3.63) is 24.9 Å². The van der Waals surface area contributed by atoms with Crippen molar-refractivity contribution in [3.8, 4) is 0 Å². The number of halogens is 1. The molecule has 4 amide bonds. The van der Waals surface area contributed by atoms with Crippen LogP contribution in [0.15, 0.2) is 24.9 Å². The third-order valence-corrected chi connectivity index (χ3v) is 16.4. The van der Waals surface area contributed by atoms with Gasteiger partial charge in [-0.1, -0.05) is 12.8 Å². The number of fused-ring (bicyclic) bond motifs is 1. The summed E-state index contributed by atoms with van der Waals surface area (Å²) in [5.74, 6) is -1.62. The average Bonchev–Trinajstić information content (AvgIpc) is 3.35. The molecule has 0 radical (unpaired) electrons. The van der Waals surface area contributed by atoms with Gasteiger partial charge in [-0.3, -0.25) is 0 Å². The first-order valence-electron chi connectivity index (χ1n) is 18.1. The van der Waals surface area contributed by atoms with Crippen molar-refractivity contribution in [1.82, 2.24) is 26.2 Å². The number of nitrogens with zero attached hydrogens (tertiary/aromatic N) is 1. The molecule has 0 aromatic rings. The van der Waals surface area contributed by atoms with E-state index in [0.29, 0.717) is 25.1 Å². The predicted molar refractivity (Wildman–Crippen MR) is 189 cm³/mol. The van der Waals surface area contributed by atoms with Crippen LogP contribution in [0.4, 0.5) is 4.79 Å². The Labute approximate surface area is 309 Å². The van der Waals surface area contributed by atoms with E-state index in [1.807, 2.05) is 25.7 Å². The number of carbonyl (C=O) groups excluding carboxylic acids is 4. The minimum atomic E-state index is -3.32. The monoisotopic (exact) mass is 832 g/mol. The van der Waals surface area contributed by atoms with E-state index in [1.54, 1.807) is 0 Å². The van der Waals surface area contributed by atoms with Crippen molar-refractivity contribution in [1.29, 1.82) is 0 Å². The molecule has 4 rings (SSSR count). The first-order chi connectivity index (χ1) is 23.4. The van der Waals surface area contributed by atoms with Crippen LogP contribution in [0.2, 0.25) is 0 Å². The molecule has 12 nitrogen and oxygen atoms in total. The van der Waals surface area contributed by atoms with E-state index in [4.69, 9.17) is 4.74 Å². The maximum absolute atomic E-state index is 14.2. The van der Waals surface area contributed by atoms with Crippen LogP contribution in [0.25, 0.3) is 0 Å². The van der Waals surface area contributed by atoms with Crippen molar-refractivity contribution >= 4 is 33.5 Å². The summed E-state index contributed by atoms with van der Waals surface area (Å²) in [7, 11) is -3.32. The number of unbranched alkanes of at least 4 members (excludes halogenated alkanes) is 1. The molecule has 2 heterocycles. The Morgan fingerprint density at radius 3 is 2.46 bits per heavy atom. The molecule has 284 valence electrons. The average molecular weight is 833 g/mol. The molecule has 0 spiro atoms. The molecule has 6 unspecified atom stereocenters. The fourth-order valence-electron chi connectivity index (χ4n) is 8.06. The van der Waals surface area contributed by atoms with Gasteiger partial charge in [0.2, 0.25) is 0 Å². The van der Waals surface area contributed by atoms with Gasteiger partial charge in [0, 0.05) is 0 Å². The van der Waals surface area contributed by atoms with E-state index in [-0.39, 0.29) is 60.6 Å². The maximum atomic E-state index is 14.2. The summed E-state index contributed by atoms with van der Waals surface area (Å²) >= 11 is -0.831. The van der Waals surface area contributed by atoms with Crippen LogP contribution in [0.3, 0.4) is 0 Å². The molecule has 4 fully saturated rings. The normalized spacial score (nSPS) is 29.5. The van der Waals surface area contributed by atoms with Crippen molar-refractivity contribution in [2.45, 2.75) is 107 Å². The number of rotatable bonds is 15. The molecule has 14 heteroatoms. The fraction of sp³-hybridized carbons (Fsp3) is 0.778. The number of hydrogen-bond acceptors (Lipinski definition) is 8. The van der Waals surface area contributed by atoms with Crippen molar-refractivity contribution in [3.63, 3.8) is 0 Å². The summed E-state index contributed by atoms with van der Waals surface area (Å²) in [5.41, 5.74) is 0.0296. The molecule has 8 atom stereocenters. The Balaban J connectivity index is 1.51. The number of Topliss-reactive ketones (excluding diaryl/α,β-unsaturated/α-hetero) is 1. The standard InChI is InChI=1S/C36H59IN5O7S/c1-9-11-16-37-31(29(43)33(45)38-17-10-2)41-32(44)28-27-24(36(27,7)8)20-42(28)22(3)30(35(4,5)6)40-34(46)39-25-15-13-12-14-23(25)26-21-49-18-19-50(26,47)48/h10,23-28,30-31H,2-3,9,11-21H2,1,4-8H3,(H,38,45)(H,41,44)(H2,39,40,46)/q-1/t23?,24?,25?,26?,27?,28-,30+,31?/m0/s1. The quantitative estimate of drug-likeness (QED) is 0.0439. The van der Waals surface area contributed by atoms with Gasteiger partial charge in [-0.2, -0.15) is 0 Å². The summed E-state index contributed by atoms with van der Waals surface area (Å²) in [6.07, 6.45) is 6.57. The number of nitrogens with one attached hydrogen (secondary N) is 4. The number of hydrogen-bond donors (Lipinski definition) is 4. The van der Waals surface area contributed by atoms with Crippen molar-refractivity contribution < 1.29 is 53.5 Å². The van der Waals surface area contributed by atoms with Gasteiger partial charge in [-0.05, 0) is 6.42 Å². The van der Waals surface area contributed by atoms with E-state index >= 15 is 0 Å². The first kappa shape index (κ1) is 40.6. The van der Waals surface area contributed by atoms with Crippen LogP contribution < -0.4 is 42.5 Å². The summed E-state index contributed by atoms with van der Waals surface area (Å²) in [6, 6.07) is -1.88. The van der Waals surface area contributed by atoms with Crippen LogP contribution in [0.5, 0.6) is 0 Å². The number of ether oxygens (including phenoxy) is 1. The van der Waals surface area contributed by atoms with E-state index in [2.05, 4.69) is 55.2 Å². The second-order valence-electron chi connectivity index (χ2n) is 15.9. The third-order valence-electron chi connectivity index (χ3n) is 11.1. The van der Waals surface area contributed by atoms with Gasteiger partial charge in [0.05, 0.1) is 24.2 Å². The Hall–Kier alpha value is -2.20. The second kappa shape index (κ2) is 16.6. The molecule has 4 aliphatic rings. The summed E-state index contributed by atoms with van der Waals surface area (Å²) in [5, 5.41) is 11.2. The number of alkyl halides is 2. The number of likely N-dealkylation sites (tertiary alicyclic amines) is 1. The second-order valence-corrected chi connectivity index (χ2v) is 21.5. The summed E-state index contributed by atoms with van der Waals surface area (Å²) < 4.78 is 31.4. The van der Waals surface area contributed by atoms with Crippen molar-refractivity contribution in [2.75, 3.05) is 36.5 Å². The minimum absolute atomic E-state index is 0.000263. The van der Waals surface area contributed by atoms with Gasteiger partial charge >= 0.3 is 244 Å². The number of sulfone groups is 1. The number of urea groups is 1. The molecular weight excluding hydrogens is 773 g/mol. The van der Waals surface area contributed by atoms with Crippen LogP contribution in [-0.2, 0) is 29.0 Å². The molecule has 2 saturated carbocycles. The predicted octanol–water partition coefficient (Wildman–Crippen LogP) is -0.254. The molecular formula is C36H59IN5O7S-. The van der Waals surface area contributed by atoms with Crippen molar-refractivity contribution in [2.24, 2.45) is 28.6 Å². The molecule has 50 heavy (non-hydrogen) atoms. The molecule has 2 aliphatic heterocycles. The zero-order valence-corrected chi connectivity index (χ0v) is 33.7. The summed E-state index contributed by atoms with van der Waals surface area (Å²) in [6.45, 7) is 21.5. The Kier molecular flexibility index (Phi) is 13.5. The molecule has 0 aromatic heterocycles. The van der Waals surface area contributed by atoms with Gasteiger partial charge in [0.15, 0.2) is 9.84 Å². The molecule has 4 N–H and O–H groups in total. The van der Waals surface area contributed by atoms with Gasteiger partial charge in [0.25, 0.3) is 0 Å². The number of carbonyl (C=O) groups is 4. The topological polar surface area (TPSA) is 163 Å². The zero-order valence-electron chi connectivity index (χ0n) is 30.7. The number of amides is 4. The van der Waals surface area contributed by atoms with E-state index in [9.17, 15) is 27.6 Å². The van der Waals surface area contributed by atoms with E-state index in [1.165, 1.54) is 6.08 Å². The Morgan fingerprint density at radius 1 is 1.12 bits per heavy atom. The number of ketones is 1. The molecule has 0 bridgehead atoms.